The molecule has 144 valence electrons. The number of amides is 1. The van der Waals surface area contributed by atoms with Crippen molar-refractivity contribution in [2.75, 3.05) is 24.3 Å². The van der Waals surface area contributed by atoms with E-state index in [9.17, 15) is 4.79 Å². The quantitative estimate of drug-likeness (QED) is 0.652. The van der Waals surface area contributed by atoms with E-state index in [0.717, 1.165) is 34.5 Å². The number of hydrogen-bond donors (Lipinski definition) is 2. The molecule has 0 radical (unpaired) electrons. The standard InChI is InChI=1S/C22H24N4O2/c1-15-9-16(2)11-19(10-15)26-21(27)18-13-24-22(25-14-18)23-8-7-17-5-4-6-20(12-17)28-3/h4-6,9-14H,7-8H2,1-3H3,(H,26,27)(H,23,24,25). The summed E-state index contributed by atoms with van der Waals surface area (Å²) >= 11 is 0. The van der Waals surface area contributed by atoms with Crippen molar-refractivity contribution < 1.29 is 9.53 Å². The number of ether oxygens (including phenoxy) is 1. The highest BCUT2D eigenvalue weighted by Gasteiger charge is 2.08. The number of rotatable bonds is 7. The van der Waals surface area contributed by atoms with Crippen LogP contribution in [0.3, 0.4) is 0 Å². The van der Waals surface area contributed by atoms with Crippen LogP contribution >= 0.6 is 0 Å². The van der Waals surface area contributed by atoms with E-state index < -0.39 is 0 Å². The molecule has 2 N–H and O–H groups in total. The van der Waals surface area contributed by atoms with Gasteiger partial charge in [0.2, 0.25) is 5.95 Å². The normalized spacial score (nSPS) is 10.4. The number of methoxy groups -OCH3 is 1. The van der Waals surface area contributed by atoms with E-state index in [1.807, 2.05) is 50.2 Å². The minimum Gasteiger partial charge on any atom is -0.497 e. The van der Waals surface area contributed by atoms with Crippen LogP contribution in [-0.2, 0) is 6.42 Å². The van der Waals surface area contributed by atoms with Crippen molar-refractivity contribution in [3.8, 4) is 5.75 Å². The van der Waals surface area contributed by atoms with Gasteiger partial charge in [0.1, 0.15) is 5.75 Å². The van der Waals surface area contributed by atoms with Gasteiger partial charge in [-0.1, -0.05) is 18.2 Å². The van der Waals surface area contributed by atoms with Crippen LogP contribution in [0, 0.1) is 13.8 Å². The molecule has 0 bridgehead atoms. The highest BCUT2D eigenvalue weighted by molar-refractivity contribution is 6.04. The molecule has 0 spiro atoms. The average Bonchev–Trinajstić information content (AvgIpc) is 2.68. The Morgan fingerprint density at radius 3 is 2.43 bits per heavy atom. The molecule has 1 aromatic heterocycles. The lowest BCUT2D eigenvalue weighted by Gasteiger charge is -2.08. The Kier molecular flexibility index (Phi) is 6.22. The van der Waals surface area contributed by atoms with Gasteiger partial charge in [0.25, 0.3) is 5.91 Å². The van der Waals surface area contributed by atoms with Gasteiger partial charge in [-0.05, 0) is 61.2 Å². The summed E-state index contributed by atoms with van der Waals surface area (Å²) in [5.41, 5.74) is 4.54. The fraction of sp³-hybridized carbons (Fsp3) is 0.227. The summed E-state index contributed by atoms with van der Waals surface area (Å²) in [6, 6.07) is 13.9. The Hall–Kier alpha value is -3.41. The molecule has 6 nitrogen and oxygen atoms in total. The van der Waals surface area contributed by atoms with Crippen molar-refractivity contribution in [1.29, 1.82) is 0 Å². The van der Waals surface area contributed by atoms with Crippen LogP contribution in [0.2, 0.25) is 0 Å². The first kappa shape index (κ1) is 19.4. The van der Waals surface area contributed by atoms with E-state index in [0.29, 0.717) is 18.1 Å². The van der Waals surface area contributed by atoms with Crippen LogP contribution < -0.4 is 15.4 Å². The summed E-state index contributed by atoms with van der Waals surface area (Å²) in [6.45, 7) is 4.68. The second kappa shape index (κ2) is 8.99. The number of aryl methyl sites for hydroxylation is 2. The van der Waals surface area contributed by atoms with Crippen LogP contribution in [0.5, 0.6) is 5.75 Å². The lowest BCUT2D eigenvalue weighted by Crippen LogP contribution is -2.14. The zero-order chi connectivity index (χ0) is 19.9. The molecule has 0 unspecified atom stereocenters. The van der Waals surface area contributed by atoms with Crippen molar-refractivity contribution in [3.05, 3.63) is 77.1 Å². The zero-order valence-corrected chi connectivity index (χ0v) is 16.3. The van der Waals surface area contributed by atoms with E-state index in [1.165, 1.54) is 12.4 Å². The Morgan fingerprint density at radius 1 is 1.04 bits per heavy atom. The molecule has 2 aromatic carbocycles. The van der Waals surface area contributed by atoms with E-state index in [4.69, 9.17) is 4.74 Å². The number of carbonyl (C=O) groups is 1. The largest absolute Gasteiger partial charge is 0.497 e. The molecule has 3 rings (SSSR count). The molecule has 0 fully saturated rings. The van der Waals surface area contributed by atoms with Crippen molar-refractivity contribution in [3.63, 3.8) is 0 Å². The minimum atomic E-state index is -0.229. The fourth-order valence-corrected chi connectivity index (χ4v) is 2.93. The Morgan fingerprint density at radius 2 is 1.75 bits per heavy atom. The Balaban J connectivity index is 1.54. The first-order chi connectivity index (χ1) is 13.5. The third-order valence-corrected chi connectivity index (χ3v) is 4.22. The Bertz CT molecular complexity index is 935. The molecular formula is C22H24N4O2. The molecule has 0 aliphatic carbocycles. The summed E-state index contributed by atoms with van der Waals surface area (Å²) in [7, 11) is 1.66. The van der Waals surface area contributed by atoms with Gasteiger partial charge in [0.15, 0.2) is 0 Å². The monoisotopic (exact) mass is 376 g/mol. The van der Waals surface area contributed by atoms with Crippen LogP contribution in [0.4, 0.5) is 11.6 Å². The van der Waals surface area contributed by atoms with Gasteiger partial charge < -0.3 is 15.4 Å². The topological polar surface area (TPSA) is 76.1 Å². The third kappa shape index (κ3) is 5.30. The maximum atomic E-state index is 12.4. The molecule has 0 aliphatic rings. The van der Waals surface area contributed by atoms with Gasteiger partial charge in [0, 0.05) is 24.6 Å². The minimum absolute atomic E-state index is 0.229. The van der Waals surface area contributed by atoms with E-state index in [1.54, 1.807) is 7.11 Å². The maximum Gasteiger partial charge on any atom is 0.258 e. The SMILES string of the molecule is COc1cccc(CCNc2ncc(C(=O)Nc3cc(C)cc(C)c3)cn2)c1. The molecular weight excluding hydrogens is 352 g/mol. The predicted molar refractivity (Wildman–Crippen MR) is 111 cm³/mol. The van der Waals surface area contributed by atoms with Gasteiger partial charge in [0.05, 0.1) is 12.7 Å². The van der Waals surface area contributed by atoms with Gasteiger partial charge in [-0.15, -0.1) is 0 Å². The van der Waals surface area contributed by atoms with E-state index >= 15 is 0 Å². The first-order valence-corrected chi connectivity index (χ1v) is 9.12. The highest BCUT2D eigenvalue weighted by atomic mass is 16.5. The van der Waals surface area contributed by atoms with E-state index in [-0.39, 0.29) is 5.91 Å². The molecule has 0 saturated heterocycles. The number of anilines is 2. The summed E-state index contributed by atoms with van der Waals surface area (Å²) < 4.78 is 5.23. The second-order valence-corrected chi connectivity index (χ2v) is 6.65. The van der Waals surface area contributed by atoms with Crippen molar-refractivity contribution >= 4 is 17.5 Å². The Labute approximate surface area is 165 Å². The fourth-order valence-electron chi connectivity index (χ4n) is 2.93. The highest BCUT2D eigenvalue weighted by Crippen LogP contribution is 2.15. The summed E-state index contributed by atoms with van der Waals surface area (Å²) in [4.78, 5) is 20.9. The van der Waals surface area contributed by atoms with Crippen molar-refractivity contribution in [1.82, 2.24) is 9.97 Å². The molecule has 28 heavy (non-hydrogen) atoms. The van der Waals surface area contributed by atoms with Crippen LogP contribution in [0.1, 0.15) is 27.0 Å². The second-order valence-electron chi connectivity index (χ2n) is 6.65. The number of carbonyl (C=O) groups excluding carboxylic acids is 1. The smallest absolute Gasteiger partial charge is 0.258 e. The van der Waals surface area contributed by atoms with E-state index in [2.05, 4.69) is 26.7 Å². The molecule has 6 heteroatoms. The van der Waals surface area contributed by atoms with Crippen molar-refractivity contribution in [2.45, 2.75) is 20.3 Å². The predicted octanol–water partition coefficient (Wildman–Crippen LogP) is 4.01. The lowest BCUT2D eigenvalue weighted by atomic mass is 10.1. The lowest BCUT2D eigenvalue weighted by molar-refractivity contribution is 0.102. The average molecular weight is 376 g/mol. The van der Waals surface area contributed by atoms with Crippen LogP contribution in [0.15, 0.2) is 54.9 Å². The third-order valence-electron chi connectivity index (χ3n) is 4.22. The zero-order valence-electron chi connectivity index (χ0n) is 16.3. The molecule has 3 aromatic rings. The van der Waals surface area contributed by atoms with Gasteiger partial charge in [-0.2, -0.15) is 0 Å². The molecule has 1 heterocycles. The summed E-state index contributed by atoms with van der Waals surface area (Å²) in [6.07, 6.45) is 3.87. The number of nitrogens with one attached hydrogen (secondary N) is 2. The number of hydrogen-bond acceptors (Lipinski definition) is 5. The van der Waals surface area contributed by atoms with Crippen LogP contribution in [-0.4, -0.2) is 29.5 Å². The summed E-state index contributed by atoms with van der Waals surface area (Å²) in [5.74, 6) is 1.10. The van der Waals surface area contributed by atoms with Crippen molar-refractivity contribution in [2.24, 2.45) is 0 Å². The molecule has 0 aliphatic heterocycles. The number of benzene rings is 2. The molecule has 1 amide bonds. The van der Waals surface area contributed by atoms with Gasteiger partial charge in [-0.3, -0.25) is 4.79 Å². The van der Waals surface area contributed by atoms with Gasteiger partial charge >= 0.3 is 0 Å². The summed E-state index contributed by atoms with van der Waals surface area (Å²) in [5, 5.41) is 6.05. The maximum absolute atomic E-state index is 12.4. The first-order valence-electron chi connectivity index (χ1n) is 9.12. The number of aromatic nitrogens is 2. The number of nitrogens with zero attached hydrogens (tertiary/aromatic N) is 2. The molecule has 0 atom stereocenters. The molecule has 0 saturated carbocycles. The van der Waals surface area contributed by atoms with Gasteiger partial charge in [-0.25, -0.2) is 9.97 Å². The van der Waals surface area contributed by atoms with Crippen LogP contribution in [0.25, 0.3) is 0 Å².